The zero-order valence-corrected chi connectivity index (χ0v) is 19.8. The van der Waals surface area contributed by atoms with Crippen molar-refractivity contribution in [2.24, 2.45) is 12.5 Å². The van der Waals surface area contributed by atoms with Crippen molar-refractivity contribution in [1.82, 2.24) is 25.3 Å². The molecule has 34 heavy (non-hydrogen) atoms. The summed E-state index contributed by atoms with van der Waals surface area (Å²) >= 11 is 0. The summed E-state index contributed by atoms with van der Waals surface area (Å²) in [7, 11) is 1.77. The summed E-state index contributed by atoms with van der Waals surface area (Å²) in [6.45, 7) is 1.92. The van der Waals surface area contributed by atoms with Crippen LogP contribution in [-0.4, -0.2) is 56.3 Å². The summed E-state index contributed by atoms with van der Waals surface area (Å²) in [4.78, 5) is 28.4. The van der Waals surface area contributed by atoms with Crippen molar-refractivity contribution in [3.8, 4) is 17.1 Å². The molecule has 4 rings (SSSR count). The van der Waals surface area contributed by atoms with Gasteiger partial charge in [0.15, 0.2) is 0 Å². The minimum absolute atomic E-state index is 0.000717. The molecule has 2 heterocycles. The predicted octanol–water partition coefficient (Wildman–Crippen LogP) is 2.85. The number of nitrogens with zero attached hydrogens (tertiary/aromatic N) is 4. The maximum atomic E-state index is 12.2. The quantitative estimate of drug-likeness (QED) is 0.563. The maximum absolute atomic E-state index is 12.2. The minimum Gasteiger partial charge on any atom is -0.488 e. The minimum atomic E-state index is -0.718. The lowest BCUT2D eigenvalue weighted by molar-refractivity contribution is -0.122. The molecule has 2 aliphatic rings. The summed E-state index contributed by atoms with van der Waals surface area (Å²) < 4.78 is 13.2. The Morgan fingerprint density at radius 1 is 1.26 bits per heavy atom. The first-order valence-electron chi connectivity index (χ1n) is 12.0. The van der Waals surface area contributed by atoms with Crippen molar-refractivity contribution in [2.45, 2.75) is 77.0 Å². The number of carbonyl (C=O) groups excluding carboxylic acids is 2. The van der Waals surface area contributed by atoms with Gasteiger partial charge in [-0.05, 0) is 70.4 Å². The Kier molecular flexibility index (Phi) is 7.45. The highest BCUT2D eigenvalue weighted by molar-refractivity contribution is 5.68. The highest BCUT2D eigenvalue weighted by Crippen LogP contribution is 2.36. The third-order valence-corrected chi connectivity index (χ3v) is 6.89. The van der Waals surface area contributed by atoms with Crippen LogP contribution in [0, 0.1) is 12.3 Å². The molecule has 2 atom stereocenters. The van der Waals surface area contributed by atoms with Crippen LogP contribution in [0.15, 0.2) is 12.1 Å². The summed E-state index contributed by atoms with van der Waals surface area (Å²) in [5.74, 6) is 0.636. The molecule has 1 unspecified atom stereocenters. The van der Waals surface area contributed by atoms with Crippen LogP contribution in [0.4, 0.5) is 4.79 Å². The van der Waals surface area contributed by atoms with E-state index in [1.165, 1.54) is 0 Å². The van der Waals surface area contributed by atoms with Gasteiger partial charge in [-0.1, -0.05) is 5.21 Å². The number of rotatable bonds is 8. The molecule has 10 heteroatoms. The molecule has 2 aliphatic carbocycles. The average molecular weight is 472 g/mol. The highest BCUT2D eigenvalue weighted by Gasteiger charge is 2.37. The first-order valence-corrected chi connectivity index (χ1v) is 12.0. The molecule has 184 valence electrons. The number of aldehydes is 1. The monoisotopic (exact) mass is 471 g/mol. The molecular weight excluding hydrogens is 438 g/mol. The predicted molar refractivity (Wildman–Crippen MR) is 123 cm³/mol. The van der Waals surface area contributed by atoms with E-state index in [1.807, 2.05) is 19.1 Å². The molecule has 2 N–H and O–H groups in total. The molecule has 0 radical (unpaired) electrons. The molecule has 2 aromatic heterocycles. The van der Waals surface area contributed by atoms with E-state index in [0.29, 0.717) is 35.7 Å². The lowest BCUT2D eigenvalue weighted by Crippen LogP contribution is -2.38. The average Bonchev–Trinajstić information content (AvgIpc) is 3.48. The molecule has 2 fully saturated rings. The summed E-state index contributed by atoms with van der Waals surface area (Å²) in [6.07, 6.45) is 7.13. The van der Waals surface area contributed by atoms with Gasteiger partial charge in [0.25, 0.3) is 0 Å². The van der Waals surface area contributed by atoms with E-state index in [4.69, 9.17) is 9.47 Å². The molecular formula is C24H33N5O5. The third-order valence-electron chi connectivity index (χ3n) is 6.89. The standard InChI is InChI=1S/C24H33N5O5/c1-16-21(33-18-8-5-11-24(12-18,14-30)15-31)10-9-19(26-16)22-20(29(2)28-27-22)13-25-23(32)34-17-6-3-4-7-17/h9-10,14,17-18,31H,3-8,11-13,15H2,1-2H3,(H,25,32)/t18-,24?/m0/s1. The Balaban J connectivity index is 1.42. The van der Waals surface area contributed by atoms with Gasteiger partial charge in [-0.2, -0.15) is 0 Å². The number of pyridine rings is 1. The van der Waals surface area contributed by atoms with Gasteiger partial charge in [0.2, 0.25) is 0 Å². The molecule has 0 spiro atoms. The van der Waals surface area contributed by atoms with E-state index in [-0.39, 0.29) is 25.4 Å². The number of nitrogens with one attached hydrogen (secondary N) is 1. The number of aromatic nitrogens is 4. The van der Waals surface area contributed by atoms with E-state index in [9.17, 15) is 14.7 Å². The Hall–Kier alpha value is -3.01. The van der Waals surface area contributed by atoms with Gasteiger partial charge in [0.1, 0.15) is 23.8 Å². The number of carbonyl (C=O) groups is 2. The lowest BCUT2D eigenvalue weighted by atomic mass is 9.74. The van der Waals surface area contributed by atoms with E-state index in [0.717, 1.165) is 50.5 Å². The molecule has 2 aromatic rings. The summed E-state index contributed by atoms with van der Waals surface area (Å²) in [5.41, 5.74) is 1.89. The molecule has 0 aromatic carbocycles. The van der Waals surface area contributed by atoms with Gasteiger partial charge in [0.05, 0.1) is 41.8 Å². The second kappa shape index (κ2) is 10.5. The normalized spacial score (nSPS) is 23.0. The number of ether oxygens (including phenoxy) is 2. The van der Waals surface area contributed by atoms with Crippen LogP contribution in [0.2, 0.25) is 0 Å². The fourth-order valence-electron chi connectivity index (χ4n) is 4.84. The zero-order chi connectivity index (χ0) is 24.1. The number of alkyl carbamates (subject to hydrolysis) is 1. The van der Waals surface area contributed by atoms with Gasteiger partial charge in [-0.25, -0.2) is 14.5 Å². The van der Waals surface area contributed by atoms with Crippen LogP contribution in [0.5, 0.6) is 5.75 Å². The van der Waals surface area contributed by atoms with Crippen LogP contribution >= 0.6 is 0 Å². The number of hydrogen-bond donors (Lipinski definition) is 2. The van der Waals surface area contributed by atoms with Crippen molar-refractivity contribution in [3.63, 3.8) is 0 Å². The summed E-state index contributed by atoms with van der Waals surface area (Å²) in [5, 5.41) is 20.8. The molecule has 0 saturated heterocycles. The van der Waals surface area contributed by atoms with Crippen LogP contribution in [0.25, 0.3) is 11.4 Å². The SMILES string of the molecule is Cc1nc(-c2nnn(C)c2CNC(=O)OC2CCCC2)ccc1O[C@H]1CCCC(C=O)(CO)C1. The number of aliphatic hydroxyl groups excluding tert-OH is 1. The van der Waals surface area contributed by atoms with Crippen molar-refractivity contribution in [2.75, 3.05) is 6.61 Å². The lowest BCUT2D eigenvalue weighted by Gasteiger charge is -2.35. The van der Waals surface area contributed by atoms with Gasteiger partial charge in [0, 0.05) is 7.05 Å². The van der Waals surface area contributed by atoms with E-state index >= 15 is 0 Å². The van der Waals surface area contributed by atoms with Crippen LogP contribution in [-0.2, 0) is 23.1 Å². The number of aliphatic hydroxyl groups is 1. The molecule has 2 saturated carbocycles. The van der Waals surface area contributed by atoms with E-state index < -0.39 is 11.5 Å². The second-order valence-corrected chi connectivity index (χ2v) is 9.43. The largest absolute Gasteiger partial charge is 0.488 e. The Morgan fingerprint density at radius 3 is 2.74 bits per heavy atom. The second-order valence-electron chi connectivity index (χ2n) is 9.43. The summed E-state index contributed by atoms with van der Waals surface area (Å²) in [6, 6.07) is 3.66. The maximum Gasteiger partial charge on any atom is 0.407 e. The number of aryl methyl sites for hydroxylation is 2. The van der Waals surface area contributed by atoms with Gasteiger partial charge >= 0.3 is 6.09 Å². The highest BCUT2D eigenvalue weighted by atomic mass is 16.6. The van der Waals surface area contributed by atoms with Crippen molar-refractivity contribution < 1.29 is 24.2 Å². The fourth-order valence-corrected chi connectivity index (χ4v) is 4.84. The first kappa shape index (κ1) is 24.1. The molecule has 0 aliphatic heterocycles. The van der Waals surface area contributed by atoms with Crippen LogP contribution < -0.4 is 10.1 Å². The van der Waals surface area contributed by atoms with Crippen molar-refractivity contribution in [1.29, 1.82) is 0 Å². The first-order chi connectivity index (χ1) is 16.4. The Bertz CT molecular complexity index is 1020. The smallest absolute Gasteiger partial charge is 0.407 e. The zero-order valence-electron chi connectivity index (χ0n) is 19.8. The van der Waals surface area contributed by atoms with Gasteiger partial charge in [-0.3, -0.25) is 0 Å². The van der Waals surface area contributed by atoms with Crippen molar-refractivity contribution >= 4 is 12.4 Å². The molecule has 10 nitrogen and oxygen atoms in total. The van der Waals surface area contributed by atoms with Crippen LogP contribution in [0.3, 0.4) is 0 Å². The number of amides is 1. The molecule has 0 bridgehead atoms. The van der Waals surface area contributed by atoms with Crippen molar-refractivity contribution in [3.05, 3.63) is 23.5 Å². The Labute approximate surface area is 199 Å². The van der Waals surface area contributed by atoms with Gasteiger partial charge < -0.3 is 24.7 Å². The van der Waals surface area contributed by atoms with E-state index in [1.54, 1.807) is 11.7 Å². The van der Waals surface area contributed by atoms with Gasteiger partial charge in [-0.15, -0.1) is 5.10 Å². The third kappa shape index (κ3) is 5.38. The van der Waals surface area contributed by atoms with Crippen LogP contribution in [0.1, 0.15) is 62.8 Å². The Morgan fingerprint density at radius 2 is 2.03 bits per heavy atom. The molecule has 1 amide bonds. The topological polar surface area (TPSA) is 128 Å². The fraction of sp³-hybridized carbons (Fsp3) is 0.625. The number of hydrogen-bond acceptors (Lipinski definition) is 8. The van der Waals surface area contributed by atoms with E-state index in [2.05, 4.69) is 20.6 Å².